The van der Waals surface area contributed by atoms with Gasteiger partial charge in [0, 0.05) is 30.5 Å². The molecule has 0 aliphatic rings. The molecular weight excluding hydrogens is 262 g/mol. The molecule has 0 radical (unpaired) electrons. The van der Waals surface area contributed by atoms with Crippen LogP contribution in [0.3, 0.4) is 0 Å². The van der Waals surface area contributed by atoms with Gasteiger partial charge in [0.1, 0.15) is 5.82 Å². The number of hydrogen-bond donors (Lipinski definition) is 2. The van der Waals surface area contributed by atoms with Crippen LogP contribution in [0.4, 0.5) is 11.5 Å². The molecule has 0 aliphatic heterocycles. The fourth-order valence-corrected chi connectivity index (χ4v) is 1.78. The molecule has 0 saturated heterocycles. The van der Waals surface area contributed by atoms with Gasteiger partial charge in [-0.2, -0.15) is 0 Å². The molecule has 1 aromatic carbocycles. The highest BCUT2D eigenvalue weighted by Crippen LogP contribution is 2.21. The maximum absolute atomic E-state index is 10.7. The van der Waals surface area contributed by atoms with E-state index < -0.39 is 10.9 Å². The Bertz CT molecular complexity index is 657. The van der Waals surface area contributed by atoms with Crippen LogP contribution in [0.25, 0.3) is 10.9 Å². The number of pyridine rings is 1. The van der Waals surface area contributed by atoms with Gasteiger partial charge in [0.2, 0.25) is 0 Å². The molecule has 7 nitrogen and oxygen atoms in total. The van der Waals surface area contributed by atoms with E-state index in [2.05, 4.69) is 10.3 Å². The highest BCUT2D eigenvalue weighted by atomic mass is 16.6. The highest BCUT2D eigenvalue weighted by molar-refractivity contribution is 5.82. The predicted octanol–water partition coefficient (Wildman–Crippen LogP) is 2.42. The number of nitrogens with zero attached hydrogens (tertiary/aromatic N) is 2. The zero-order valence-corrected chi connectivity index (χ0v) is 10.6. The summed E-state index contributed by atoms with van der Waals surface area (Å²) >= 11 is 0. The van der Waals surface area contributed by atoms with Gasteiger partial charge in [-0.1, -0.05) is 0 Å². The minimum Gasteiger partial charge on any atom is -0.481 e. The van der Waals surface area contributed by atoms with Gasteiger partial charge in [0.25, 0.3) is 5.69 Å². The summed E-state index contributed by atoms with van der Waals surface area (Å²) in [6.45, 7) is 0.512. The molecule has 104 valence electrons. The van der Waals surface area contributed by atoms with Crippen molar-refractivity contribution < 1.29 is 14.8 Å². The Morgan fingerprint density at radius 2 is 2.15 bits per heavy atom. The maximum Gasteiger partial charge on any atom is 0.303 e. The van der Waals surface area contributed by atoms with Gasteiger partial charge in [-0.15, -0.1) is 0 Å². The Kier molecular flexibility index (Phi) is 4.09. The van der Waals surface area contributed by atoms with Crippen molar-refractivity contribution >= 4 is 28.4 Å². The minimum atomic E-state index is -0.828. The topological polar surface area (TPSA) is 105 Å². The summed E-state index contributed by atoms with van der Waals surface area (Å²) in [6, 6.07) is 7.93. The lowest BCUT2D eigenvalue weighted by Gasteiger charge is -2.05. The first-order valence-electron chi connectivity index (χ1n) is 6.07. The molecule has 2 N–H and O–H groups in total. The van der Waals surface area contributed by atoms with Gasteiger partial charge in [-0.3, -0.25) is 14.9 Å². The first kappa shape index (κ1) is 13.7. The second-order valence-corrected chi connectivity index (χ2v) is 4.25. The molecule has 0 fully saturated rings. The number of nitrogens with one attached hydrogen (secondary N) is 1. The van der Waals surface area contributed by atoms with E-state index in [1.165, 1.54) is 12.1 Å². The van der Waals surface area contributed by atoms with Gasteiger partial charge in [-0.25, -0.2) is 4.98 Å². The molecule has 1 aromatic heterocycles. The maximum atomic E-state index is 10.7. The number of nitro benzene ring substituents is 1. The van der Waals surface area contributed by atoms with E-state index in [4.69, 9.17) is 5.11 Å². The third kappa shape index (κ3) is 3.41. The lowest BCUT2D eigenvalue weighted by molar-refractivity contribution is -0.384. The molecule has 0 bridgehead atoms. The summed E-state index contributed by atoms with van der Waals surface area (Å²) in [4.78, 5) is 24.9. The van der Waals surface area contributed by atoms with Crippen molar-refractivity contribution in [3.63, 3.8) is 0 Å². The molecule has 0 amide bonds. The zero-order valence-electron chi connectivity index (χ0n) is 10.6. The van der Waals surface area contributed by atoms with Gasteiger partial charge in [-0.05, 0) is 24.6 Å². The SMILES string of the molecule is O=C(O)CCCNc1ccc2cc([N+](=O)[O-])ccc2n1. The number of carbonyl (C=O) groups is 1. The van der Waals surface area contributed by atoms with E-state index in [1.54, 1.807) is 18.2 Å². The Hall–Kier alpha value is -2.70. The number of rotatable bonds is 6. The number of fused-ring (bicyclic) bond motifs is 1. The van der Waals surface area contributed by atoms with Crippen LogP contribution in [0.15, 0.2) is 30.3 Å². The highest BCUT2D eigenvalue weighted by Gasteiger charge is 2.07. The van der Waals surface area contributed by atoms with Crippen molar-refractivity contribution in [2.45, 2.75) is 12.8 Å². The normalized spacial score (nSPS) is 10.4. The van der Waals surface area contributed by atoms with Crippen LogP contribution in [0.1, 0.15) is 12.8 Å². The monoisotopic (exact) mass is 275 g/mol. The summed E-state index contributed by atoms with van der Waals surface area (Å²) < 4.78 is 0. The fourth-order valence-electron chi connectivity index (χ4n) is 1.78. The first-order chi connectivity index (χ1) is 9.56. The number of anilines is 1. The summed E-state index contributed by atoms with van der Waals surface area (Å²) in [5.74, 6) is -0.206. The van der Waals surface area contributed by atoms with Crippen molar-refractivity contribution in [1.82, 2.24) is 4.98 Å². The smallest absolute Gasteiger partial charge is 0.303 e. The number of aromatic nitrogens is 1. The minimum absolute atomic E-state index is 0.0291. The van der Waals surface area contributed by atoms with Crippen molar-refractivity contribution in [3.8, 4) is 0 Å². The average Bonchev–Trinajstić information content (AvgIpc) is 2.42. The third-order valence-electron chi connectivity index (χ3n) is 2.76. The Morgan fingerprint density at radius 3 is 2.85 bits per heavy atom. The van der Waals surface area contributed by atoms with E-state index in [1.807, 2.05) is 0 Å². The molecule has 0 unspecified atom stereocenters. The largest absolute Gasteiger partial charge is 0.481 e. The summed E-state index contributed by atoms with van der Waals surface area (Å²) in [6.07, 6.45) is 0.613. The summed E-state index contributed by atoms with van der Waals surface area (Å²) in [5.41, 5.74) is 0.681. The number of benzene rings is 1. The standard InChI is InChI=1S/C13H13N3O4/c17-13(18)2-1-7-14-12-6-3-9-8-10(16(19)20)4-5-11(9)15-12/h3-6,8H,1-2,7H2,(H,14,15)(H,17,18). The zero-order chi connectivity index (χ0) is 14.5. The van der Waals surface area contributed by atoms with Crippen molar-refractivity contribution in [1.29, 1.82) is 0 Å². The molecule has 1 heterocycles. The fraction of sp³-hybridized carbons (Fsp3) is 0.231. The Labute approximate surface area is 114 Å². The first-order valence-corrected chi connectivity index (χ1v) is 6.07. The van der Waals surface area contributed by atoms with E-state index in [0.29, 0.717) is 29.7 Å². The van der Waals surface area contributed by atoms with Crippen molar-refractivity contribution in [3.05, 3.63) is 40.4 Å². The van der Waals surface area contributed by atoms with Crippen molar-refractivity contribution in [2.75, 3.05) is 11.9 Å². The van der Waals surface area contributed by atoms with Gasteiger partial charge >= 0.3 is 5.97 Å². The molecule has 2 aromatic rings. The number of aliphatic carboxylic acids is 1. The molecule has 0 saturated carbocycles. The average molecular weight is 275 g/mol. The predicted molar refractivity (Wildman–Crippen MR) is 73.8 cm³/mol. The number of non-ortho nitro benzene ring substituents is 1. The van der Waals surface area contributed by atoms with Crippen LogP contribution in [-0.4, -0.2) is 27.5 Å². The van der Waals surface area contributed by atoms with E-state index in [0.717, 1.165) is 0 Å². The molecule has 2 rings (SSSR count). The lowest BCUT2D eigenvalue weighted by atomic mass is 10.2. The third-order valence-corrected chi connectivity index (χ3v) is 2.76. The van der Waals surface area contributed by atoms with Crippen LogP contribution < -0.4 is 5.32 Å². The second-order valence-electron chi connectivity index (χ2n) is 4.25. The van der Waals surface area contributed by atoms with Crippen LogP contribution in [0.5, 0.6) is 0 Å². The summed E-state index contributed by atoms with van der Waals surface area (Å²) in [7, 11) is 0. The molecule has 0 aliphatic carbocycles. The van der Waals surface area contributed by atoms with Crippen LogP contribution in [-0.2, 0) is 4.79 Å². The van der Waals surface area contributed by atoms with Gasteiger partial charge in [0.15, 0.2) is 0 Å². The van der Waals surface area contributed by atoms with Crippen molar-refractivity contribution in [2.24, 2.45) is 0 Å². The van der Waals surface area contributed by atoms with Crippen LogP contribution in [0, 0.1) is 10.1 Å². The number of nitro groups is 1. The molecule has 20 heavy (non-hydrogen) atoms. The van der Waals surface area contributed by atoms with Gasteiger partial charge < -0.3 is 10.4 Å². The second kappa shape index (κ2) is 5.96. The lowest BCUT2D eigenvalue weighted by Crippen LogP contribution is -2.06. The number of hydrogen-bond acceptors (Lipinski definition) is 5. The van der Waals surface area contributed by atoms with Crippen LogP contribution in [0.2, 0.25) is 0 Å². The number of carboxylic acids is 1. The molecule has 7 heteroatoms. The quantitative estimate of drug-likeness (QED) is 0.476. The molecule has 0 atom stereocenters. The van der Waals surface area contributed by atoms with E-state index in [-0.39, 0.29) is 12.1 Å². The number of carboxylic acid groups (broad SMARTS) is 1. The summed E-state index contributed by atoms with van der Waals surface area (Å²) in [5, 5.41) is 22.9. The van der Waals surface area contributed by atoms with Gasteiger partial charge in [0.05, 0.1) is 10.4 Å². The molecular formula is C13H13N3O4. The van der Waals surface area contributed by atoms with E-state index in [9.17, 15) is 14.9 Å². The molecule has 0 spiro atoms. The Balaban J connectivity index is 2.08. The van der Waals surface area contributed by atoms with Crippen LogP contribution >= 0.6 is 0 Å². The van der Waals surface area contributed by atoms with E-state index >= 15 is 0 Å². The Morgan fingerprint density at radius 1 is 1.35 bits per heavy atom.